The summed E-state index contributed by atoms with van der Waals surface area (Å²) in [5.74, 6) is 0.343. The average molecular weight is 264 g/mol. The fourth-order valence-electron chi connectivity index (χ4n) is 1.71. The van der Waals surface area contributed by atoms with Gasteiger partial charge in [-0.15, -0.1) is 11.3 Å². The number of hydrogen-bond donors (Lipinski definition) is 1. The minimum Gasteiger partial charge on any atom is -0.497 e. The molecule has 0 saturated carbocycles. The molecule has 0 fully saturated rings. The van der Waals surface area contributed by atoms with E-state index in [1.165, 1.54) is 11.3 Å². The minimum absolute atomic E-state index is 0.293. The molecule has 2 rings (SSSR count). The second-order valence-corrected chi connectivity index (χ2v) is 4.45. The molecule has 0 aliphatic rings. The molecule has 0 amide bonds. The zero-order chi connectivity index (χ0) is 13.1. The van der Waals surface area contributed by atoms with Crippen molar-refractivity contribution in [3.05, 3.63) is 34.5 Å². The number of hydrogen-bond acceptors (Lipinski definition) is 4. The van der Waals surface area contributed by atoms with E-state index in [9.17, 15) is 4.79 Å². The molecule has 18 heavy (non-hydrogen) atoms. The minimum atomic E-state index is -0.940. The smallest absolute Gasteiger partial charge is 0.346 e. The summed E-state index contributed by atoms with van der Waals surface area (Å²) in [6.45, 7) is 0. The summed E-state index contributed by atoms with van der Waals surface area (Å²) in [6.07, 6.45) is 0. The van der Waals surface area contributed by atoms with Gasteiger partial charge in [0.05, 0.1) is 14.2 Å². The third-order valence-corrected chi connectivity index (χ3v) is 3.46. The lowest BCUT2D eigenvalue weighted by molar-refractivity contribution is 0.0703. The molecule has 1 heterocycles. The van der Waals surface area contributed by atoms with Crippen molar-refractivity contribution in [2.75, 3.05) is 14.2 Å². The molecule has 94 valence electrons. The number of aromatic carboxylic acids is 1. The molecule has 0 saturated heterocycles. The summed E-state index contributed by atoms with van der Waals surface area (Å²) >= 11 is 1.19. The summed E-state index contributed by atoms with van der Waals surface area (Å²) in [6, 6.07) is 7.07. The predicted molar refractivity (Wildman–Crippen MR) is 69.8 cm³/mol. The van der Waals surface area contributed by atoms with Crippen LogP contribution in [0, 0.1) is 0 Å². The van der Waals surface area contributed by atoms with Crippen molar-refractivity contribution in [1.82, 2.24) is 0 Å². The third kappa shape index (κ3) is 2.17. The second-order valence-electron chi connectivity index (χ2n) is 3.53. The van der Waals surface area contributed by atoms with Crippen molar-refractivity contribution >= 4 is 17.3 Å². The molecule has 0 bridgehead atoms. The largest absolute Gasteiger partial charge is 0.497 e. The predicted octanol–water partition coefficient (Wildman–Crippen LogP) is 3.13. The van der Waals surface area contributed by atoms with E-state index in [1.807, 2.05) is 0 Å². The van der Waals surface area contributed by atoms with Gasteiger partial charge in [-0.05, 0) is 29.6 Å². The molecular weight excluding hydrogens is 252 g/mol. The van der Waals surface area contributed by atoms with E-state index in [2.05, 4.69) is 0 Å². The first-order valence-electron chi connectivity index (χ1n) is 5.20. The van der Waals surface area contributed by atoms with Gasteiger partial charge in [0.25, 0.3) is 0 Å². The molecule has 1 aromatic heterocycles. The van der Waals surface area contributed by atoms with Crippen LogP contribution in [0.3, 0.4) is 0 Å². The Bertz CT molecular complexity index is 574. The summed E-state index contributed by atoms with van der Waals surface area (Å²) in [7, 11) is 3.12. The lowest BCUT2D eigenvalue weighted by Gasteiger charge is -2.10. The van der Waals surface area contributed by atoms with Gasteiger partial charge >= 0.3 is 5.97 Å². The van der Waals surface area contributed by atoms with Crippen LogP contribution in [0.15, 0.2) is 29.6 Å². The molecule has 0 aliphatic carbocycles. The van der Waals surface area contributed by atoms with Crippen molar-refractivity contribution < 1.29 is 19.4 Å². The Morgan fingerprint density at radius 2 is 1.94 bits per heavy atom. The van der Waals surface area contributed by atoms with Crippen LogP contribution in [-0.2, 0) is 0 Å². The van der Waals surface area contributed by atoms with Crippen LogP contribution in [0.1, 0.15) is 9.67 Å². The molecule has 5 heteroatoms. The highest BCUT2D eigenvalue weighted by molar-refractivity contribution is 7.12. The van der Waals surface area contributed by atoms with Crippen LogP contribution in [0.5, 0.6) is 11.5 Å². The maximum absolute atomic E-state index is 11.1. The molecule has 1 aromatic carbocycles. The lowest BCUT2D eigenvalue weighted by atomic mass is 10.1. The third-order valence-electron chi connectivity index (χ3n) is 2.56. The molecule has 4 nitrogen and oxygen atoms in total. The SMILES string of the molecule is COc1ccc(OC)c(-c2ccsc2C(=O)O)c1. The Kier molecular flexibility index (Phi) is 3.53. The Balaban J connectivity index is 2.61. The highest BCUT2D eigenvalue weighted by Crippen LogP contribution is 2.37. The lowest BCUT2D eigenvalue weighted by Crippen LogP contribution is -1.96. The van der Waals surface area contributed by atoms with Gasteiger partial charge in [0.2, 0.25) is 0 Å². The van der Waals surface area contributed by atoms with Crippen LogP contribution in [0.4, 0.5) is 0 Å². The van der Waals surface area contributed by atoms with E-state index >= 15 is 0 Å². The molecule has 0 unspecified atom stereocenters. The van der Waals surface area contributed by atoms with Crippen molar-refractivity contribution in [3.63, 3.8) is 0 Å². The molecule has 2 aromatic rings. The highest BCUT2D eigenvalue weighted by Gasteiger charge is 2.17. The van der Waals surface area contributed by atoms with Crippen LogP contribution in [-0.4, -0.2) is 25.3 Å². The first-order chi connectivity index (χ1) is 8.67. The van der Waals surface area contributed by atoms with Gasteiger partial charge in [-0.25, -0.2) is 4.79 Å². The zero-order valence-corrected chi connectivity index (χ0v) is 10.8. The number of methoxy groups -OCH3 is 2. The van der Waals surface area contributed by atoms with Gasteiger partial charge in [-0.3, -0.25) is 0 Å². The molecule has 0 aliphatic heterocycles. The van der Waals surface area contributed by atoms with Gasteiger partial charge < -0.3 is 14.6 Å². The first kappa shape index (κ1) is 12.4. The van der Waals surface area contributed by atoms with Crippen LogP contribution in [0.2, 0.25) is 0 Å². The Hall–Kier alpha value is -2.01. The normalized spacial score (nSPS) is 10.1. The van der Waals surface area contributed by atoms with Gasteiger partial charge in [0.15, 0.2) is 0 Å². The standard InChI is InChI=1S/C13H12O4S/c1-16-8-3-4-11(17-2)10(7-8)9-5-6-18-12(9)13(14)15/h3-7H,1-2H3,(H,14,15). The summed E-state index contributed by atoms with van der Waals surface area (Å²) in [5.41, 5.74) is 1.36. The van der Waals surface area contributed by atoms with Crippen molar-refractivity contribution in [2.24, 2.45) is 0 Å². The van der Waals surface area contributed by atoms with Gasteiger partial charge in [0, 0.05) is 11.1 Å². The second kappa shape index (κ2) is 5.10. The molecule has 0 atom stereocenters. The van der Waals surface area contributed by atoms with Crippen LogP contribution < -0.4 is 9.47 Å². The quantitative estimate of drug-likeness (QED) is 0.921. The summed E-state index contributed by atoms with van der Waals surface area (Å²) in [4.78, 5) is 11.4. The fourth-order valence-corrected chi connectivity index (χ4v) is 2.46. The van der Waals surface area contributed by atoms with E-state index in [4.69, 9.17) is 14.6 Å². The number of benzene rings is 1. The zero-order valence-electron chi connectivity index (χ0n) is 9.97. The Morgan fingerprint density at radius 1 is 1.17 bits per heavy atom. The van der Waals surface area contributed by atoms with Crippen molar-refractivity contribution in [2.45, 2.75) is 0 Å². The van der Waals surface area contributed by atoms with Crippen LogP contribution in [0.25, 0.3) is 11.1 Å². The van der Waals surface area contributed by atoms with Gasteiger partial charge in [0.1, 0.15) is 16.4 Å². The molecular formula is C13H12O4S. The first-order valence-corrected chi connectivity index (χ1v) is 6.08. The fraction of sp³-hybridized carbons (Fsp3) is 0.154. The molecule has 0 spiro atoms. The number of carboxylic acids is 1. The van der Waals surface area contributed by atoms with E-state index in [0.717, 1.165) is 5.56 Å². The number of carbonyl (C=O) groups is 1. The summed E-state index contributed by atoms with van der Waals surface area (Å²) < 4.78 is 10.4. The summed E-state index contributed by atoms with van der Waals surface area (Å²) in [5, 5.41) is 10.9. The van der Waals surface area contributed by atoms with E-state index in [0.29, 0.717) is 21.9 Å². The number of carboxylic acid groups (broad SMARTS) is 1. The van der Waals surface area contributed by atoms with E-state index in [1.54, 1.807) is 43.9 Å². The van der Waals surface area contributed by atoms with E-state index < -0.39 is 5.97 Å². The highest BCUT2D eigenvalue weighted by atomic mass is 32.1. The van der Waals surface area contributed by atoms with Crippen molar-refractivity contribution in [3.8, 4) is 22.6 Å². The topological polar surface area (TPSA) is 55.8 Å². The molecule has 0 radical (unpaired) electrons. The maximum atomic E-state index is 11.1. The van der Waals surface area contributed by atoms with Gasteiger partial charge in [-0.1, -0.05) is 0 Å². The Labute approximate surface area is 108 Å². The monoisotopic (exact) mass is 264 g/mol. The van der Waals surface area contributed by atoms with Crippen LogP contribution >= 0.6 is 11.3 Å². The number of thiophene rings is 1. The number of ether oxygens (including phenoxy) is 2. The van der Waals surface area contributed by atoms with E-state index in [-0.39, 0.29) is 0 Å². The Morgan fingerprint density at radius 3 is 2.56 bits per heavy atom. The number of rotatable bonds is 4. The van der Waals surface area contributed by atoms with Crippen molar-refractivity contribution in [1.29, 1.82) is 0 Å². The average Bonchev–Trinajstić information content (AvgIpc) is 2.87. The molecule has 1 N–H and O–H groups in total. The maximum Gasteiger partial charge on any atom is 0.346 e. The van der Waals surface area contributed by atoms with Gasteiger partial charge in [-0.2, -0.15) is 0 Å².